The monoisotopic (exact) mass is 201 g/mol. The number of nitrogens with one attached hydrogen (secondary N) is 1. The molecule has 0 spiro atoms. The van der Waals surface area contributed by atoms with Gasteiger partial charge in [-0.25, -0.2) is 0 Å². The summed E-state index contributed by atoms with van der Waals surface area (Å²) in [4.78, 5) is 0. The number of hydrogen-bond donors (Lipinski definition) is 1. The second-order valence-corrected chi connectivity index (χ2v) is 5.13. The molecule has 3 rings (SSSR count). The fourth-order valence-corrected chi connectivity index (χ4v) is 2.33. The van der Waals surface area contributed by atoms with Crippen molar-refractivity contribution in [3.63, 3.8) is 0 Å². The van der Waals surface area contributed by atoms with Gasteiger partial charge in [-0.15, -0.1) is 0 Å². The minimum Gasteiger partial charge on any atom is -0.382 e. The molecule has 1 atom stereocenters. The van der Waals surface area contributed by atoms with Gasteiger partial charge in [0.15, 0.2) is 0 Å². The largest absolute Gasteiger partial charge is 0.382 e. The van der Waals surface area contributed by atoms with E-state index in [1.807, 2.05) is 0 Å². The zero-order valence-electron chi connectivity index (χ0n) is 9.15. The lowest BCUT2D eigenvalue weighted by atomic mass is 10.1. The molecule has 2 saturated carbocycles. The third-order valence-electron chi connectivity index (χ3n) is 3.60. The van der Waals surface area contributed by atoms with Crippen molar-refractivity contribution < 1.29 is 0 Å². The molecule has 0 aliphatic heterocycles. The first-order valence-electron chi connectivity index (χ1n) is 6.23. The lowest BCUT2D eigenvalue weighted by Gasteiger charge is -2.19. The Kier molecular flexibility index (Phi) is 2.40. The van der Waals surface area contributed by atoms with Crippen LogP contribution in [0.2, 0.25) is 0 Å². The summed E-state index contributed by atoms with van der Waals surface area (Å²) in [5.41, 5.74) is 1.30. The van der Waals surface area contributed by atoms with Crippen molar-refractivity contribution >= 4 is 5.69 Å². The number of rotatable bonds is 5. The maximum Gasteiger partial charge on any atom is 0.0342 e. The van der Waals surface area contributed by atoms with Crippen LogP contribution in [0.15, 0.2) is 30.3 Å². The Morgan fingerprint density at radius 3 is 2.40 bits per heavy atom. The highest BCUT2D eigenvalue weighted by molar-refractivity contribution is 5.43. The Morgan fingerprint density at radius 1 is 1.07 bits per heavy atom. The summed E-state index contributed by atoms with van der Waals surface area (Å²) in [5, 5.41) is 3.71. The Hall–Kier alpha value is -0.980. The molecule has 1 aromatic carbocycles. The molecular formula is C14H19N. The van der Waals surface area contributed by atoms with E-state index in [-0.39, 0.29) is 0 Å². The van der Waals surface area contributed by atoms with Gasteiger partial charge in [0.2, 0.25) is 0 Å². The molecule has 0 saturated heterocycles. The Labute approximate surface area is 91.9 Å². The van der Waals surface area contributed by atoms with Gasteiger partial charge in [-0.05, 0) is 43.2 Å². The van der Waals surface area contributed by atoms with E-state index >= 15 is 0 Å². The first-order valence-corrected chi connectivity index (χ1v) is 6.23. The van der Waals surface area contributed by atoms with Crippen molar-refractivity contribution in [3.05, 3.63) is 30.3 Å². The van der Waals surface area contributed by atoms with Gasteiger partial charge in [0.25, 0.3) is 0 Å². The summed E-state index contributed by atoms with van der Waals surface area (Å²) in [5.74, 6) is 2.00. The Bertz CT molecular complexity index is 311. The van der Waals surface area contributed by atoms with E-state index in [0.717, 1.165) is 17.9 Å². The molecule has 1 aromatic rings. The molecule has 2 aliphatic carbocycles. The first kappa shape index (κ1) is 9.26. The van der Waals surface area contributed by atoms with Crippen molar-refractivity contribution in [2.75, 3.05) is 5.32 Å². The third kappa shape index (κ3) is 2.53. The minimum atomic E-state index is 0.750. The zero-order chi connectivity index (χ0) is 10.1. The van der Waals surface area contributed by atoms with Crippen molar-refractivity contribution in [3.8, 4) is 0 Å². The van der Waals surface area contributed by atoms with Crippen LogP contribution in [0, 0.1) is 11.8 Å². The lowest BCUT2D eigenvalue weighted by molar-refractivity contribution is 0.548. The highest BCUT2D eigenvalue weighted by Gasteiger charge is 2.35. The van der Waals surface area contributed by atoms with Crippen molar-refractivity contribution in [2.45, 2.75) is 38.1 Å². The van der Waals surface area contributed by atoms with Gasteiger partial charge < -0.3 is 5.32 Å². The molecule has 0 heterocycles. The van der Waals surface area contributed by atoms with Crippen LogP contribution in [0.3, 0.4) is 0 Å². The molecule has 15 heavy (non-hydrogen) atoms. The Morgan fingerprint density at radius 2 is 1.80 bits per heavy atom. The number of benzene rings is 1. The molecule has 2 aliphatic rings. The summed E-state index contributed by atoms with van der Waals surface area (Å²) in [6.07, 6.45) is 7.23. The van der Waals surface area contributed by atoms with E-state index in [2.05, 4.69) is 35.6 Å². The molecule has 1 nitrogen and oxygen atoms in total. The zero-order valence-corrected chi connectivity index (χ0v) is 9.15. The van der Waals surface area contributed by atoms with Gasteiger partial charge in [0.05, 0.1) is 0 Å². The molecule has 2 fully saturated rings. The SMILES string of the molecule is c1ccc(NC(CC2CC2)C2CC2)cc1. The maximum absolute atomic E-state index is 3.71. The first-order chi connectivity index (χ1) is 7.42. The summed E-state index contributed by atoms with van der Waals surface area (Å²) in [6, 6.07) is 11.4. The lowest BCUT2D eigenvalue weighted by Crippen LogP contribution is -2.22. The fraction of sp³-hybridized carbons (Fsp3) is 0.571. The van der Waals surface area contributed by atoms with Crippen LogP contribution < -0.4 is 5.32 Å². The van der Waals surface area contributed by atoms with Crippen LogP contribution in [-0.2, 0) is 0 Å². The molecule has 80 valence electrons. The molecule has 1 N–H and O–H groups in total. The molecule has 1 heteroatoms. The molecule has 0 radical (unpaired) electrons. The van der Waals surface area contributed by atoms with Gasteiger partial charge in [0.1, 0.15) is 0 Å². The van der Waals surface area contributed by atoms with Crippen LogP contribution in [0.1, 0.15) is 32.1 Å². The van der Waals surface area contributed by atoms with E-state index < -0.39 is 0 Å². The van der Waals surface area contributed by atoms with Crippen LogP contribution >= 0.6 is 0 Å². The summed E-state index contributed by atoms with van der Waals surface area (Å²) in [7, 11) is 0. The standard InChI is InChI=1S/C14H19N/c1-2-4-13(5-3-1)15-14(12-8-9-12)10-11-6-7-11/h1-5,11-12,14-15H,6-10H2. The summed E-state index contributed by atoms with van der Waals surface area (Å²) in [6.45, 7) is 0. The number of anilines is 1. The van der Waals surface area contributed by atoms with Crippen LogP contribution in [0.25, 0.3) is 0 Å². The predicted octanol–water partition coefficient (Wildman–Crippen LogP) is 3.68. The third-order valence-corrected chi connectivity index (χ3v) is 3.60. The van der Waals surface area contributed by atoms with Crippen molar-refractivity contribution in [2.24, 2.45) is 11.8 Å². The second-order valence-electron chi connectivity index (χ2n) is 5.13. The molecule has 0 bridgehead atoms. The highest BCUT2D eigenvalue weighted by atomic mass is 14.9. The van der Waals surface area contributed by atoms with Crippen molar-refractivity contribution in [1.29, 1.82) is 0 Å². The van der Waals surface area contributed by atoms with Gasteiger partial charge >= 0.3 is 0 Å². The quantitative estimate of drug-likeness (QED) is 0.766. The highest BCUT2D eigenvalue weighted by Crippen LogP contribution is 2.42. The molecule has 1 unspecified atom stereocenters. The minimum absolute atomic E-state index is 0.750. The number of hydrogen-bond acceptors (Lipinski definition) is 1. The van der Waals surface area contributed by atoms with Crippen LogP contribution in [0.4, 0.5) is 5.69 Å². The van der Waals surface area contributed by atoms with E-state index in [4.69, 9.17) is 0 Å². The smallest absolute Gasteiger partial charge is 0.0342 e. The van der Waals surface area contributed by atoms with Gasteiger partial charge in [-0.2, -0.15) is 0 Å². The van der Waals surface area contributed by atoms with E-state index in [9.17, 15) is 0 Å². The molecular weight excluding hydrogens is 182 g/mol. The van der Waals surface area contributed by atoms with Crippen molar-refractivity contribution in [1.82, 2.24) is 0 Å². The molecule has 0 amide bonds. The van der Waals surface area contributed by atoms with Gasteiger partial charge in [0, 0.05) is 11.7 Å². The van der Waals surface area contributed by atoms with Gasteiger partial charge in [-0.1, -0.05) is 31.0 Å². The summed E-state index contributed by atoms with van der Waals surface area (Å²) < 4.78 is 0. The number of para-hydroxylation sites is 1. The summed E-state index contributed by atoms with van der Waals surface area (Å²) >= 11 is 0. The van der Waals surface area contributed by atoms with Crippen LogP contribution in [-0.4, -0.2) is 6.04 Å². The molecule has 0 aromatic heterocycles. The Balaban J connectivity index is 1.62. The fourth-order valence-electron chi connectivity index (χ4n) is 2.33. The topological polar surface area (TPSA) is 12.0 Å². The average Bonchev–Trinajstić information content (AvgIpc) is 3.13. The average molecular weight is 201 g/mol. The van der Waals surface area contributed by atoms with E-state index in [0.29, 0.717) is 0 Å². The second kappa shape index (κ2) is 3.88. The maximum atomic E-state index is 3.71. The normalized spacial score (nSPS) is 22.4. The van der Waals surface area contributed by atoms with E-state index in [1.54, 1.807) is 0 Å². The predicted molar refractivity (Wildman–Crippen MR) is 63.9 cm³/mol. The van der Waals surface area contributed by atoms with Gasteiger partial charge in [-0.3, -0.25) is 0 Å². The van der Waals surface area contributed by atoms with E-state index in [1.165, 1.54) is 37.8 Å². The van der Waals surface area contributed by atoms with Crippen LogP contribution in [0.5, 0.6) is 0 Å².